The summed E-state index contributed by atoms with van der Waals surface area (Å²) in [6, 6.07) is 17.9. The third-order valence-corrected chi connectivity index (χ3v) is 6.90. The van der Waals surface area contributed by atoms with Crippen LogP contribution in [0.15, 0.2) is 71.6 Å². The highest BCUT2D eigenvalue weighted by Crippen LogP contribution is 2.30. The molecule has 1 heterocycles. The van der Waals surface area contributed by atoms with Gasteiger partial charge in [-0.25, -0.2) is 17.5 Å². The topological polar surface area (TPSA) is 66.5 Å². The Morgan fingerprint density at radius 3 is 2.35 bits per heavy atom. The average molecular weight is 439 g/mol. The van der Waals surface area contributed by atoms with Crippen LogP contribution in [0.3, 0.4) is 0 Å². The van der Waals surface area contributed by atoms with Crippen LogP contribution in [-0.4, -0.2) is 20.9 Å². The number of sulfonamides is 1. The largest absolute Gasteiger partial charge is 0.308 e. The van der Waals surface area contributed by atoms with E-state index < -0.39 is 10.0 Å². The zero-order valence-corrected chi connectivity index (χ0v) is 18.0. The maximum Gasteiger partial charge on any atom is 0.258 e. The second-order valence-corrected chi connectivity index (χ2v) is 9.27. The first-order valence-electron chi connectivity index (χ1n) is 10.2. The summed E-state index contributed by atoms with van der Waals surface area (Å²) in [5, 5.41) is 0. The van der Waals surface area contributed by atoms with Crippen molar-refractivity contribution in [3.8, 4) is 0 Å². The van der Waals surface area contributed by atoms with Crippen LogP contribution in [0.2, 0.25) is 0 Å². The molecule has 5 nitrogen and oxygen atoms in total. The van der Waals surface area contributed by atoms with Crippen molar-refractivity contribution in [2.45, 2.75) is 31.2 Å². The van der Waals surface area contributed by atoms with Crippen LogP contribution in [0.1, 0.15) is 34.0 Å². The number of amides is 1. The van der Waals surface area contributed by atoms with Gasteiger partial charge in [0.05, 0.1) is 4.90 Å². The number of carbonyl (C=O) groups excluding carboxylic acids is 1. The summed E-state index contributed by atoms with van der Waals surface area (Å²) >= 11 is 0. The van der Waals surface area contributed by atoms with Crippen molar-refractivity contribution in [2.24, 2.45) is 0 Å². The Morgan fingerprint density at radius 1 is 1.00 bits per heavy atom. The number of nitrogens with zero attached hydrogens (tertiary/aromatic N) is 1. The molecule has 1 N–H and O–H groups in total. The minimum absolute atomic E-state index is 0.164. The monoisotopic (exact) mass is 438 g/mol. The molecule has 7 heteroatoms. The van der Waals surface area contributed by atoms with Crippen LogP contribution >= 0.6 is 0 Å². The smallest absolute Gasteiger partial charge is 0.258 e. The first-order chi connectivity index (χ1) is 14.9. The number of aryl methyl sites for hydroxylation is 1. The molecular formula is C24H23FN2O3S. The van der Waals surface area contributed by atoms with E-state index in [1.165, 1.54) is 24.3 Å². The van der Waals surface area contributed by atoms with E-state index >= 15 is 0 Å². The predicted molar refractivity (Wildman–Crippen MR) is 118 cm³/mol. The maximum atomic E-state index is 13.1. The van der Waals surface area contributed by atoms with Crippen molar-refractivity contribution in [1.29, 1.82) is 0 Å². The number of fused-ring (bicyclic) bond motifs is 1. The molecule has 0 spiro atoms. The highest BCUT2D eigenvalue weighted by atomic mass is 32.2. The molecule has 0 radical (unpaired) electrons. The molecule has 0 atom stereocenters. The van der Waals surface area contributed by atoms with E-state index in [4.69, 9.17) is 0 Å². The molecule has 1 aliphatic rings. The lowest BCUT2D eigenvalue weighted by molar-refractivity contribution is 0.0989. The Morgan fingerprint density at radius 2 is 1.68 bits per heavy atom. The van der Waals surface area contributed by atoms with Crippen LogP contribution in [0, 0.1) is 5.82 Å². The molecule has 160 valence electrons. The summed E-state index contributed by atoms with van der Waals surface area (Å²) < 4.78 is 40.9. The van der Waals surface area contributed by atoms with E-state index in [2.05, 4.69) is 4.72 Å². The molecule has 0 bridgehead atoms. The fourth-order valence-corrected chi connectivity index (χ4v) is 4.71. The minimum Gasteiger partial charge on any atom is -0.308 e. The Hall–Kier alpha value is -3.03. The molecule has 0 saturated heterocycles. The number of anilines is 1. The van der Waals surface area contributed by atoms with Gasteiger partial charge in [0.15, 0.2) is 0 Å². The van der Waals surface area contributed by atoms with Gasteiger partial charge in [0.2, 0.25) is 10.0 Å². The zero-order valence-electron chi connectivity index (χ0n) is 17.1. The molecule has 0 saturated carbocycles. The third-order valence-electron chi connectivity index (χ3n) is 5.48. The molecule has 3 aromatic carbocycles. The zero-order chi connectivity index (χ0) is 22.0. The first-order valence-corrected chi connectivity index (χ1v) is 11.6. The Bertz CT molecular complexity index is 1210. The number of nitrogens with one attached hydrogen (secondary N) is 1. The second-order valence-electron chi connectivity index (χ2n) is 7.50. The van der Waals surface area contributed by atoms with Gasteiger partial charge in [-0.1, -0.05) is 31.2 Å². The second kappa shape index (κ2) is 8.61. The molecule has 3 aromatic rings. The molecular weight excluding hydrogens is 415 g/mol. The summed E-state index contributed by atoms with van der Waals surface area (Å²) in [6.45, 7) is 2.71. The van der Waals surface area contributed by atoms with E-state index in [0.717, 1.165) is 28.8 Å². The van der Waals surface area contributed by atoms with Crippen molar-refractivity contribution in [2.75, 3.05) is 11.4 Å². The fourth-order valence-electron chi connectivity index (χ4n) is 3.69. The Labute approximate surface area is 181 Å². The van der Waals surface area contributed by atoms with Crippen molar-refractivity contribution >= 4 is 21.6 Å². The highest BCUT2D eigenvalue weighted by Gasteiger charge is 2.26. The molecule has 31 heavy (non-hydrogen) atoms. The maximum absolute atomic E-state index is 13.1. The minimum atomic E-state index is -3.61. The van der Waals surface area contributed by atoms with Gasteiger partial charge >= 0.3 is 0 Å². The van der Waals surface area contributed by atoms with Gasteiger partial charge in [-0.2, -0.15) is 0 Å². The van der Waals surface area contributed by atoms with Crippen molar-refractivity contribution in [3.05, 3.63) is 94.8 Å². The van der Waals surface area contributed by atoms with E-state index in [-0.39, 0.29) is 23.2 Å². The van der Waals surface area contributed by atoms with Gasteiger partial charge < -0.3 is 4.90 Å². The van der Waals surface area contributed by atoms with Crippen LogP contribution < -0.4 is 9.62 Å². The van der Waals surface area contributed by atoms with Gasteiger partial charge in [-0.15, -0.1) is 0 Å². The van der Waals surface area contributed by atoms with Crippen LogP contribution in [0.4, 0.5) is 10.1 Å². The molecule has 4 rings (SSSR count). The lowest BCUT2D eigenvalue weighted by Crippen LogP contribution is -2.28. The normalized spacial score (nSPS) is 13.3. The number of benzene rings is 3. The molecule has 1 amide bonds. The third kappa shape index (κ3) is 4.52. The van der Waals surface area contributed by atoms with Crippen molar-refractivity contribution in [1.82, 2.24) is 4.72 Å². The number of hydrogen-bond acceptors (Lipinski definition) is 3. The summed E-state index contributed by atoms with van der Waals surface area (Å²) in [5.74, 6) is -0.561. The lowest BCUT2D eigenvalue weighted by Gasteiger charge is -2.18. The number of carbonyl (C=O) groups is 1. The van der Waals surface area contributed by atoms with Crippen LogP contribution in [0.5, 0.6) is 0 Å². The van der Waals surface area contributed by atoms with Crippen LogP contribution in [-0.2, 0) is 29.4 Å². The fraction of sp³-hybridized carbons (Fsp3) is 0.208. The molecule has 0 aromatic heterocycles. The van der Waals surface area contributed by atoms with Gasteiger partial charge in [-0.05, 0) is 72.0 Å². The summed E-state index contributed by atoms with van der Waals surface area (Å²) in [6.07, 6.45) is 1.53. The van der Waals surface area contributed by atoms with Gasteiger partial charge in [-0.3, -0.25) is 4.79 Å². The Balaban J connectivity index is 1.46. The summed E-state index contributed by atoms with van der Waals surface area (Å²) in [5.41, 5.74) is 4.12. The van der Waals surface area contributed by atoms with Crippen molar-refractivity contribution < 1.29 is 17.6 Å². The van der Waals surface area contributed by atoms with Crippen LogP contribution in [0.25, 0.3) is 0 Å². The van der Waals surface area contributed by atoms with E-state index in [9.17, 15) is 17.6 Å². The van der Waals surface area contributed by atoms with E-state index in [0.29, 0.717) is 18.5 Å². The quantitative estimate of drug-likeness (QED) is 0.631. The lowest BCUT2D eigenvalue weighted by atomic mass is 10.1. The van der Waals surface area contributed by atoms with E-state index in [1.807, 2.05) is 37.3 Å². The SMILES string of the molecule is CCc1ccc(S(=O)(=O)NCc2ccc3c(c2)CCN3C(=O)c2ccc(F)cc2)cc1. The van der Waals surface area contributed by atoms with Crippen molar-refractivity contribution in [3.63, 3.8) is 0 Å². The molecule has 0 unspecified atom stereocenters. The average Bonchev–Trinajstić information content (AvgIpc) is 3.21. The highest BCUT2D eigenvalue weighted by molar-refractivity contribution is 7.89. The molecule has 0 aliphatic carbocycles. The van der Waals surface area contributed by atoms with Gasteiger partial charge in [0, 0.05) is 24.3 Å². The number of rotatable bonds is 6. The number of halogens is 1. The summed E-state index contributed by atoms with van der Waals surface area (Å²) in [4.78, 5) is 14.7. The standard InChI is InChI=1S/C24H23FN2O3S/c1-2-17-3-10-22(11-4-17)31(29,30)26-16-18-5-12-23-20(15-18)13-14-27(23)24(28)19-6-8-21(25)9-7-19/h3-12,15,26H,2,13-14,16H2,1H3. The first kappa shape index (κ1) is 21.2. The van der Waals surface area contributed by atoms with Gasteiger partial charge in [0.1, 0.15) is 5.82 Å². The number of hydrogen-bond donors (Lipinski definition) is 1. The predicted octanol–water partition coefficient (Wildman–Crippen LogP) is 4.07. The Kier molecular flexibility index (Phi) is 5.89. The molecule has 0 fully saturated rings. The summed E-state index contributed by atoms with van der Waals surface area (Å²) in [7, 11) is -3.61. The molecule has 1 aliphatic heterocycles. The van der Waals surface area contributed by atoms with E-state index in [1.54, 1.807) is 17.0 Å². The van der Waals surface area contributed by atoms with Gasteiger partial charge in [0.25, 0.3) is 5.91 Å².